The van der Waals surface area contributed by atoms with Gasteiger partial charge in [0.1, 0.15) is 5.75 Å². The maximum atomic E-state index is 10.2. The topological polar surface area (TPSA) is 26.3 Å². The molecule has 0 heterocycles. The number of hydrogen-bond acceptors (Lipinski definition) is 2. The second-order valence-corrected chi connectivity index (χ2v) is 3.96. The third kappa shape index (κ3) is 3.45. The molecule has 0 aliphatic heterocycles. The van der Waals surface area contributed by atoms with Crippen molar-refractivity contribution >= 4 is 36.0 Å². The fraction of sp³-hybridized carbons (Fsp3) is 0.364. The Bertz CT molecular complexity index is 302. The number of ether oxygens (including phenoxy) is 1. The van der Waals surface area contributed by atoms with E-state index >= 15 is 0 Å². The van der Waals surface area contributed by atoms with Gasteiger partial charge in [-0.2, -0.15) is 0 Å². The third-order valence-electron chi connectivity index (χ3n) is 1.87. The van der Waals surface area contributed by atoms with Crippen LogP contribution in [0.25, 0.3) is 0 Å². The van der Waals surface area contributed by atoms with E-state index in [0.29, 0.717) is 12.2 Å². The molecule has 0 fully saturated rings. The minimum atomic E-state index is -0.000394. The fourth-order valence-electron chi connectivity index (χ4n) is 1.24. The van der Waals surface area contributed by atoms with Gasteiger partial charge in [-0.1, -0.05) is 39.0 Å². The molecule has 0 radical (unpaired) electrons. The van der Waals surface area contributed by atoms with Crippen molar-refractivity contribution in [3.63, 3.8) is 0 Å². The van der Waals surface area contributed by atoms with Crippen LogP contribution in [0.4, 0.5) is 0 Å². The van der Waals surface area contributed by atoms with Crippen LogP contribution in [0.5, 0.6) is 5.75 Å². The first-order valence-electron chi connectivity index (χ1n) is 4.25. The van der Waals surface area contributed by atoms with Crippen LogP contribution in [0.3, 0.4) is 0 Å². The normalized spacial score (nSPS) is 10.2. The van der Waals surface area contributed by atoms with Crippen LogP contribution in [-0.2, 0) is 10.2 Å². The van der Waals surface area contributed by atoms with Crippen LogP contribution in [0.1, 0.15) is 26.3 Å². The molecule has 0 aliphatic carbocycles. The number of hydrogen-bond donors (Lipinski definition) is 0. The quantitative estimate of drug-likeness (QED) is 0.540. The summed E-state index contributed by atoms with van der Waals surface area (Å²) < 4.78 is 4.88. The van der Waals surface area contributed by atoms with Crippen molar-refractivity contribution in [3.8, 4) is 5.75 Å². The Hall–Kier alpha value is -0.310. The van der Waals surface area contributed by atoms with Gasteiger partial charge in [-0.05, 0) is 11.5 Å². The molecular weight excluding hydrogens is 187 g/mol. The Morgan fingerprint density at radius 1 is 1.21 bits per heavy atom. The van der Waals surface area contributed by atoms with Crippen molar-refractivity contribution < 1.29 is 9.53 Å². The summed E-state index contributed by atoms with van der Waals surface area (Å²) in [6.45, 7) is 6.71. The second-order valence-electron chi connectivity index (χ2n) is 3.96. The zero-order valence-corrected chi connectivity index (χ0v) is 8.20. The zero-order valence-electron chi connectivity index (χ0n) is 8.20. The van der Waals surface area contributed by atoms with Gasteiger partial charge in [-0.15, -0.1) is 0 Å². The summed E-state index contributed by atoms with van der Waals surface area (Å²) in [5.41, 5.74) is 1.04. The van der Waals surface area contributed by atoms with E-state index in [1.54, 1.807) is 6.07 Å². The molecule has 0 aliphatic rings. The van der Waals surface area contributed by atoms with Crippen LogP contribution < -0.4 is 4.74 Å². The molecule has 0 bridgehead atoms. The average molecular weight is 202 g/mol. The minimum absolute atomic E-state index is 0. The Balaban J connectivity index is 0.00000169. The SMILES string of the molecule is CC(C)(C)c1ccccc1OC=O.[NaH]. The number of para-hydroxylation sites is 1. The summed E-state index contributed by atoms with van der Waals surface area (Å²) in [6.07, 6.45) is 0. The van der Waals surface area contributed by atoms with E-state index in [1.807, 2.05) is 18.2 Å². The summed E-state index contributed by atoms with van der Waals surface area (Å²) >= 11 is 0. The average Bonchev–Trinajstić information content (AvgIpc) is 2.04. The molecule has 0 aromatic heterocycles. The number of carbonyl (C=O) groups is 1. The van der Waals surface area contributed by atoms with Crippen LogP contribution in [0.15, 0.2) is 24.3 Å². The zero-order chi connectivity index (χ0) is 9.90. The molecule has 14 heavy (non-hydrogen) atoms. The first-order valence-corrected chi connectivity index (χ1v) is 4.25. The Labute approximate surface area is 107 Å². The molecule has 1 rings (SSSR count). The molecule has 1 aromatic carbocycles. The summed E-state index contributed by atoms with van der Waals surface area (Å²) in [5, 5.41) is 0. The molecule has 0 amide bonds. The second kappa shape index (κ2) is 5.54. The summed E-state index contributed by atoms with van der Waals surface area (Å²) in [5.74, 6) is 0.644. The molecule has 0 spiro atoms. The fourth-order valence-corrected chi connectivity index (χ4v) is 1.24. The van der Waals surface area contributed by atoms with Gasteiger partial charge >= 0.3 is 29.6 Å². The van der Waals surface area contributed by atoms with Gasteiger partial charge in [0.15, 0.2) is 0 Å². The Morgan fingerprint density at radius 3 is 2.29 bits per heavy atom. The van der Waals surface area contributed by atoms with Crippen molar-refractivity contribution in [2.24, 2.45) is 0 Å². The van der Waals surface area contributed by atoms with Gasteiger partial charge < -0.3 is 4.74 Å². The van der Waals surface area contributed by atoms with Crippen molar-refractivity contribution in [2.45, 2.75) is 26.2 Å². The molecule has 0 atom stereocenters. The van der Waals surface area contributed by atoms with Gasteiger partial charge in [0.05, 0.1) is 0 Å². The van der Waals surface area contributed by atoms with Crippen LogP contribution in [-0.4, -0.2) is 36.0 Å². The molecular formula is C11H15NaO2. The summed E-state index contributed by atoms with van der Waals surface area (Å²) in [4.78, 5) is 10.2. The standard InChI is InChI=1S/C11H14O2.Na.H/c1-11(2,3)9-6-4-5-7-10(9)13-8-12;;/h4-8H,1-3H3;;. The molecule has 0 N–H and O–H groups in total. The third-order valence-corrected chi connectivity index (χ3v) is 1.87. The van der Waals surface area contributed by atoms with Crippen LogP contribution >= 0.6 is 0 Å². The van der Waals surface area contributed by atoms with E-state index in [4.69, 9.17) is 4.74 Å². The van der Waals surface area contributed by atoms with E-state index in [2.05, 4.69) is 20.8 Å². The van der Waals surface area contributed by atoms with Gasteiger partial charge in [0, 0.05) is 5.56 Å². The number of carbonyl (C=O) groups excluding carboxylic acids is 1. The Kier molecular flexibility index (Phi) is 5.42. The van der Waals surface area contributed by atoms with Crippen LogP contribution in [0, 0.1) is 0 Å². The van der Waals surface area contributed by atoms with E-state index in [9.17, 15) is 4.79 Å². The summed E-state index contributed by atoms with van der Waals surface area (Å²) in [7, 11) is 0. The number of benzene rings is 1. The van der Waals surface area contributed by atoms with Gasteiger partial charge in [0.25, 0.3) is 6.47 Å². The molecule has 72 valence electrons. The van der Waals surface area contributed by atoms with Crippen LogP contribution in [0.2, 0.25) is 0 Å². The molecule has 0 saturated carbocycles. The maximum absolute atomic E-state index is 10.2. The van der Waals surface area contributed by atoms with E-state index < -0.39 is 0 Å². The Morgan fingerprint density at radius 2 is 1.79 bits per heavy atom. The molecule has 3 heteroatoms. The van der Waals surface area contributed by atoms with Gasteiger partial charge in [-0.3, -0.25) is 4.79 Å². The van der Waals surface area contributed by atoms with E-state index in [-0.39, 0.29) is 35.0 Å². The van der Waals surface area contributed by atoms with Crippen molar-refractivity contribution in [3.05, 3.63) is 29.8 Å². The molecule has 0 saturated heterocycles. The van der Waals surface area contributed by atoms with Crippen molar-refractivity contribution in [1.82, 2.24) is 0 Å². The molecule has 0 unspecified atom stereocenters. The van der Waals surface area contributed by atoms with Gasteiger partial charge in [-0.25, -0.2) is 0 Å². The predicted octanol–water partition coefficient (Wildman–Crippen LogP) is 1.87. The predicted molar refractivity (Wildman–Crippen MR) is 59.0 cm³/mol. The first kappa shape index (κ1) is 13.7. The first-order chi connectivity index (χ1) is 6.05. The monoisotopic (exact) mass is 202 g/mol. The molecule has 2 nitrogen and oxygen atoms in total. The van der Waals surface area contributed by atoms with E-state index in [0.717, 1.165) is 5.56 Å². The molecule has 1 aromatic rings. The number of rotatable bonds is 2. The van der Waals surface area contributed by atoms with Gasteiger partial charge in [0.2, 0.25) is 0 Å². The van der Waals surface area contributed by atoms with E-state index in [1.165, 1.54) is 0 Å². The van der Waals surface area contributed by atoms with Crippen molar-refractivity contribution in [1.29, 1.82) is 0 Å². The van der Waals surface area contributed by atoms with Crippen molar-refractivity contribution in [2.75, 3.05) is 0 Å². The summed E-state index contributed by atoms with van der Waals surface area (Å²) in [6, 6.07) is 7.57.